The Hall–Kier alpha value is -2.57. The van der Waals surface area contributed by atoms with Gasteiger partial charge in [-0.05, 0) is 36.8 Å². The lowest BCUT2D eigenvalue weighted by Crippen LogP contribution is -2.44. The van der Waals surface area contributed by atoms with Crippen LogP contribution in [0.25, 0.3) is 0 Å². The predicted octanol–water partition coefficient (Wildman–Crippen LogP) is 2.97. The van der Waals surface area contributed by atoms with Gasteiger partial charge < -0.3 is 20.1 Å². The predicted molar refractivity (Wildman–Crippen MR) is 100 cm³/mol. The van der Waals surface area contributed by atoms with Crippen molar-refractivity contribution >= 4 is 29.1 Å². The van der Waals surface area contributed by atoms with Gasteiger partial charge in [-0.1, -0.05) is 35.9 Å². The van der Waals surface area contributed by atoms with Crippen LogP contribution in [0.2, 0.25) is 5.02 Å². The lowest BCUT2D eigenvalue weighted by molar-refractivity contribution is -0.137. The molecule has 1 atom stereocenters. The minimum atomic E-state index is -0.828. The Balaban J connectivity index is 2.03. The number of hydrogen-bond donors (Lipinski definition) is 2. The molecule has 0 saturated heterocycles. The lowest BCUT2D eigenvalue weighted by atomic mass is 9.95. The number of halogens is 1. The summed E-state index contributed by atoms with van der Waals surface area (Å²) in [4.78, 5) is 24.3. The average molecular weight is 377 g/mol. The minimum Gasteiger partial charge on any atom is -0.495 e. The monoisotopic (exact) mass is 376 g/mol. The van der Waals surface area contributed by atoms with Gasteiger partial charge in [0.25, 0.3) is 0 Å². The zero-order valence-corrected chi connectivity index (χ0v) is 15.6. The highest BCUT2D eigenvalue weighted by atomic mass is 35.5. The van der Waals surface area contributed by atoms with Crippen molar-refractivity contribution < 1.29 is 19.1 Å². The molecule has 0 bridgehead atoms. The summed E-state index contributed by atoms with van der Waals surface area (Å²) >= 11 is 6.02. The van der Waals surface area contributed by atoms with Crippen LogP contribution in [0.1, 0.15) is 12.5 Å². The number of ether oxygens (including phenoxy) is 2. The van der Waals surface area contributed by atoms with Gasteiger partial charge in [-0.2, -0.15) is 0 Å². The van der Waals surface area contributed by atoms with Gasteiger partial charge in [0.2, 0.25) is 0 Å². The Bertz CT molecular complexity index is 797. The molecule has 0 fully saturated rings. The molecule has 0 spiro atoms. The molecule has 0 aliphatic rings. The van der Waals surface area contributed by atoms with Crippen LogP contribution in [0.15, 0.2) is 48.5 Å². The zero-order valence-electron chi connectivity index (χ0n) is 14.8. The van der Waals surface area contributed by atoms with E-state index in [9.17, 15) is 9.59 Å². The van der Waals surface area contributed by atoms with Gasteiger partial charge in [-0.3, -0.25) is 9.59 Å². The van der Waals surface area contributed by atoms with Crippen LogP contribution < -0.4 is 15.4 Å². The molecule has 7 heteroatoms. The van der Waals surface area contributed by atoms with Gasteiger partial charge in [0.15, 0.2) is 0 Å². The van der Waals surface area contributed by atoms with Crippen LogP contribution in [0.5, 0.6) is 5.75 Å². The number of anilines is 1. The van der Waals surface area contributed by atoms with Crippen molar-refractivity contribution in [2.75, 3.05) is 26.1 Å². The van der Waals surface area contributed by atoms with Crippen LogP contribution in [-0.4, -0.2) is 32.6 Å². The molecule has 2 aromatic carbocycles. The smallest absolute Gasteiger partial charge is 0.313 e. The highest BCUT2D eigenvalue weighted by molar-refractivity contribution is 6.39. The normalized spacial score (nSPS) is 12.8. The molecule has 0 aliphatic carbocycles. The van der Waals surface area contributed by atoms with Gasteiger partial charge in [0, 0.05) is 12.1 Å². The van der Waals surface area contributed by atoms with E-state index in [4.69, 9.17) is 21.1 Å². The summed E-state index contributed by atoms with van der Waals surface area (Å²) in [6.45, 7) is 1.90. The first-order chi connectivity index (χ1) is 12.4. The zero-order chi connectivity index (χ0) is 19.2. The Morgan fingerprint density at radius 2 is 1.81 bits per heavy atom. The Morgan fingerprint density at radius 3 is 2.46 bits per heavy atom. The molecular weight excluding hydrogens is 356 g/mol. The maximum absolute atomic E-state index is 12.2. The fraction of sp³-hybridized carbons (Fsp3) is 0.263. The number of carbonyl (C=O) groups is 2. The van der Waals surface area contributed by atoms with Crippen molar-refractivity contribution in [2.24, 2.45) is 0 Å². The molecular formula is C19H21ClN2O4. The van der Waals surface area contributed by atoms with Gasteiger partial charge in [0.05, 0.1) is 19.3 Å². The summed E-state index contributed by atoms with van der Waals surface area (Å²) in [6.07, 6.45) is 0. The third-order valence-electron chi connectivity index (χ3n) is 4.03. The fourth-order valence-electron chi connectivity index (χ4n) is 2.37. The second kappa shape index (κ2) is 8.69. The van der Waals surface area contributed by atoms with Gasteiger partial charge in [-0.25, -0.2) is 0 Å². The van der Waals surface area contributed by atoms with E-state index in [1.807, 2.05) is 6.07 Å². The molecule has 26 heavy (non-hydrogen) atoms. The molecule has 2 aromatic rings. The number of carbonyl (C=O) groups excluding carboxylic acids is 2. The van der Waals surface area contributed by atoms with E-state index in [0.717, 1.165) is 5.56 Å². The summed E-state index contributed by atoms with van der Waals surface area (Å²) < 4.78 is 10.7. The van der Waals surface area contributed by atoms with E-state index in [1.54, 1.807) is 49.4 Å². The van der Waals surface area contributed by atoms with Crippen molar-refractivity contribution in [1.82, 2.24) is 5.32 Å². The van der Waals surface area contributed by atoms with Crippen molar-refractivity contribution in [1.29, 1.82) is 0 Å². The van der Waals surface area contributed by atoms with Crippen LogP contribution in [-0.2, 0) is 19.9 Å². The number of rotatable bonds is 6. The molecule has 0 saturated carbocycles. The fourth-order valence-corrected chi connectivity index (χ4v) is 2.56. The SMILES string of the molecule is COc1ccccc1NC(=O)C(=O)NCC(C)(OC)c1cccc(Cl)c1. The third-order valence-corrected chi connectivity index (χ3v) is 4.27. The van der Waals surface area contributed by atoms with Crippen LogP contribution in [0.4, 0.5) is 5.69 Å². The summed E-state index contributed by atoms with van der Waals surface area (Å²) in [5, 5.41) is 5.68. The topological polar surface area (TPSA) is 76.7 Å². The molecule has 6 nitrogen and oxygen atoms in total. The van der Waals surface area contributed by atoms with E-state index in [0.29, 0.717) is 16.5 Å². The average Bonchev–Trinajstić information content (AvgIpc) is 2.66. The summed E-state index contributed by atoms with van der Waals surface area (Å²) in [6, 6.07) is 14.0. The lowest BCUT2D eigenvalue weighted by Gasteiger charge is -2.29. The summed E-state index contributed by atoms with van der Waals surface area (Å²) in [7, 11) is 3.02. The molecule has 0 aromatic heterocycles. The first kappa shape index (κ1) is 19.8. The third kappa shape index (κ3) is 4.74. The molecule has 2 rings (SSSR count). The van der Waals surface area contributed by atoms with Crippen LogP contribution >= 0.6 is 11.6 Å². The Kier molecular flexibility index (Phi) is 6.60. The highest BCUT2D eigenvalue weighted by Gasteiger charge is 2.28. The highest BCUT2D eigenvalue weighted by Crippen LogP contribution is 2.26. The van der Waals surface area contributed by atoms with Crippen molar-refractivity contribution in [3.05, 3.63) is 59.1 Å². The van der Waals surface area contributed by atoms with Gasteiger partial charge in [0.1, 0.15) is 11.4 Å². The molecule has 1 unspecified atom stereocenters. The van der Waals surface area contributed by atoms with E-state index in [2.05, 4.69) is 10.6 Å². The standard InChI is InChI=1S/C19H21ClN2O4/c1-19(26-3,13-7-6-8-14(20)11-13)12-21-17(23)18(24)22-15-9-4-5-10-16(15)25-2/h4-11H,12H2,1-3H3,(H,21,23)(H,22,24). The number of amides is 2. The molecule has 138 valence electrons. The van der Waals surface area contributed by atoms with Crippen molar-refractivity contribution in [3.8, 4) is 5.75 Å². The molecule has 0 aliphatic heterocycles. The summed E-state index contributed by atoms with van der Waals surface area (Å²) in [5.74, 6) is -1.10. The Labute approximate surface area is 157 Å². The number of hydrogen-bond acceptors (Lipinski definition) is 4. The molecule has 2 N–H and O–H groups in total. The van der Waals surface area contributed by atoms with E-state index in [1.165, 1.54) is 14.2 Å². The van der Waals surface area contributed by atoms with Gasteiger partial charge >= 0.3 is 11.8 Å². The van der Waals surface area contributed by atoms with Gasteiger partial charge in [-0.15, -0.1) is 0 Å². The molecule has 2 amide bonds. The first-order valence-corrected chi connectivity index (χ1v) is 8.31. The van der Waals surface area contributed by atoms with E-state index in [-0.39, 0.29) is 6.54 Å². The largest absolute Gasteiger partial charge is 0.495 e. The number of nitrogens with one attached hydrogen (secondary N) is 2. The number of methoxy groups -OCH3 is 2. The number of para-hydroxylation sites is 2. The molecule has 0 heterocycles. The Morgan fingerprint density at radius 1 is 1.08 bits per heavy atom. The quantitative estimate of drug-likeness (QED) is 0.760. The summed E-state index contributed by atoms with van der Waals surface area (Å²) in [5.41, 5.74) is 0.378. The van der Waals surface area contributed by atoms with Crippen molar-refractivity contribution in [2.45, 2.75) is 12.5 Å². The van der Waals surface area contributed by atoms with Crippen molar-refractivity contribution in [3.63, 3.8) is 0 Å². The van der Waals surface area contributed by atoms with Crippen LogP contribution in [0.3, 0.4) is 0 Å². The van der Waals surface area contributed by atoms with Crippen LogP contribution in [0, 0.1) is 0 Å². The number of benzene rings is 2. The minimum absolute atomic E-state index is 0.0992. The maximum atomic E-state index is 12.2. The second-order valence-corrected chi connectivity index (χ2v) is 6.22. The molecule has 0 radical (unpaired) electrons. The van der Waals surface area contributed by atoms with E-state index >= 15 is 0 Å². The first-order valence-electron chi connectivity index (χ1n) is 7.93. The maximum Gasteiger partial charge on any atom is 0.313 e. The second-order valence-electron chi connectivity index (χ2n) is 5.78. The van der Waals surface area contributed by atoms with E-state index < -0.39 is 17.4 Å².